The highest BCUT2D eigenvalue weighted by Gasteiger charge is 2.19. The van der Waals surface area contributed by atoms with Gasteiger partial charge in [0.05, 0.1) is 5.56 Å². The molecule has 0 radical (unpaired) electrons. The number of amides is 1. The lowest BCUT2D eigenvalue weighted by Gasteiger charge is -2.17. The van der Waals surface area contributed by atoms with E-state index in [0.717, 1.165) is 0 Å². The van der Waals surface area contributed by atoms with Crippen molar-refractivity contribution in [1.29, 1.82) is 0 Å². The molecule has 1 aromatic carbocycles. The first-order valence-electron chi connectivity index (χ1n) is 5.66. The molecule has 0 aliphatic heterocycles. The molecule has 1 amide bonds. The van der Waals surface area contributed by atoms with Gasteiger partial charge in [-0.1, -0.05) is 6.07 Å². The fourth-order valence-electron chi connectivity index (χ4n) is 1.37. The highest BCUT2D eigenvalue weighted by atomic mass is 19.1. The summed E-state index contributed by atoms with van der Waals surface area (Å²) in [7, 11) is 0. The smallest absolute Gasteiger partial charge is 0.260 e. The maximum Gasteiger partial charge on any atom is 0.260 e. The van der Waals surface area contributed by atoms with Crippen LogP contribution in [0.5, 0.6) is 5.75 Å². The van der Waals surface area contributed by atoms with Gasteiger partial charge in [0.1, 0.15) is 0 Å². The maximum atomic E-state index is 13.5. The highest BCUT2D eigenvalue weighted by molar-refractivity contribution is 5.82. The minimum absolute atomic E-state index is 0.0327. The van der Waals surface area contributed by atoms with Gasteiger partial charge >= 0.3 is 0 Å². The molecule has 0 aliphatic carbocycles. The average Bonchev–Trinajstić information content (AvgIpc) is 2.30. The molecular weight excluding hydrogens is 237 g/mol. The second-order valence-corrected chi connectivity index (χ2v) is 4.20. The summed E-state index contributed by atoms with van der Waals surface area (Å²) >= 11 is 0. The molecular formula is C13H16FNO3. The van der Waals surface area contributed by atoms with Gasteiger partial charge < -0.3 is 10.1 Å². The fourth-order valence-corrected chi connectivity index (χ4v) is 1.37. The second kappa shape index (κ2) is 6.14. The van der Waals surface area contributed by atoms with E-state index < -0.39 is 11.9 Å². The summed E-state index contributed by atoms with van der Waals surface area (Å²) in [5, 5.41) is 2.64. The quantitative estimate of drug-likeness (QED) is 0.816. The van der Waals surface area contributed by atoms with Crippen LogP contribution in [0, 0.1) is 5.82 Å². The van der Waals surface area contributed by atoms with E-state index in [4.69, 9.17) is 4.74 Å². The lowest BCUT2D eigenvalue weighted by Crippen LogP contribution is -2.40. The van der Waals surface area contributed by atoms with Crippen molar-refractivity contribution >= 4 is 12.2 Å². The molecule has 1 unspecified atom stereocenters. The van der Waals surface area contributed by atoms with E-state index in [1.165, 1.54) is 25.1 Å². The minimum atomic E-state index is -0.872. The molecule has 1 rings (SSSR count). The van der Waals surface area contributed by atoms with Gasteiger partial charge in [0.25, 0.3) is 5.91 Å². The number of ether oxygens (including phenoxy) is 1. The number of nitrogens with one attached hydrogen (secondary N) is 1. The molecule has 0 heterocycles. The highest BCUT2D eigenvalue weighted by Crippen LogP contribution is 2.22. The molecule has 1 N–H and O–H groups in total. The maximum absolute atomic E-state index is 13.5. The van der Waals surface area contributed by atoms with Crippen molar-refractivity contribution in [3.8, 4) is 5.75 Å². The summed E-state index contributed by atoms with van der Waals surface area (Å²) in [4.78, 5) is 22.4. The van der Waals surface area contributed by atoms with E-state index in [0.29, 0.717) is 6.29 Å². The molecule has 4 nitrogen and oxygen atoms in total. The van der Waals surface area contributed by atoms with Crippen LogP contribution in [-0.4, -0.2) is 24.3 Å². The van der Waals surface area contributed by atoms with Crippen LogP contribution in [-0.2, 0) is 4.79 Å². The Morgan fingerprint density at radius 3 is 2.61 bits per heavy atom. The summed E-state index contributed by atoms with van der Waals surface area (Å²) in [6.45, 7) is 5.12. The van der Waals surface area contributed by atoms with Crippen LogP contribution in [0.3, 0.4) is 0 Å². The first-order chi connectivity index (χ1) is 8.45. The predicted octanol–water partition coefficient (Wildman–Crippen LogP) is 1.93. The van der Waals surface area contributed by atoms with Crippen molar-refractivity contribution in [3.05, 3.63) is 29.6 Å². The summed E-state index contributed by atoms with van der Waals surface area (Å²) in [6.07, 6.45) is -0.381. The van der Waals surface area contributed by atoms with E-state index in [9.17, 15) is 14.0 Å². The lowest BCUT2D eigenvalue weighted by atomic mass is 10.2. The molecule has 1 aromatic rings. The molecule has 0 aromatic heterocycles. The van der Waals surface area contributed by atoms with Gasteiger partial charge in [-0.3, -0.25) is 9.59 Å². The fraction of sp³-hybridized carbons (Fsp3) is 0.385. The van der Waals surface area contributed by atoms with Gasteiger partial charge in [0, 0.05) is 6.04 Å². The van der Waals surface area contributed by atoms with Crippen LogP contribution in [0.25, 0.3) is 0 Å². The first kappa shape index (κ1) is 14.2. The van der Waals surface area contributed by atoms with Gasteiger partial charge in [0.2, 0.25) is 0 Å². The molecule has 0 aliphatic rings. The van der Waals surface area contributed by atoms with Crippen LogP contribution in [0.4, 0.5) is 4.39 Å². The van der Waals surface area contributed by atoms with E-state index >= 15 is 0 Å². The SMILES string of the molecule is CC(C)NC(=O)C(C)Oc1c(F)cccc1C=O. The zero-order chi connectivity index (χ0) is 13.7. The van der Waals surface area contributed by atoms with Crippen LogP contribution in [0.2, 0.25) is 0 Å². The van der Waals surface area contributed by atoms with Crippen LogP contribution >= 0.6 is 0 Å². The van der Waals surface area contributed by atoms with Gasteiger partial charge in [-0.05, 0) is 32.9 Å². The molecule has 0 saturated carbocycles. The Bertz CT molecular complexity index is 446. The molecule has 98 valence electrons. The molecule has 0 saturated heterocycles. The van der Waals surface area contributed by atoms with Crippen molar-refractivity contribution in [3.63, 3.8) is 0 Å². The molecule has 0 bridgehead atoms. The second-order valence-electron chi connectivity index (χ2n) is 4.20. The first-order valence-corrected chi connectivity index (χ1v) is 5.66. The number of carbonyl (C=O) groups is 2. The van der Waals surface area contributed by atoms with E-state index in [1.807, 2.05) is 13.8 Å². The Balaban J connectivity index is 2.84. The van der Waals surface area contributed by atoms with Crippen molar-refractivity contribution in [2.75, 3.05) is 0 Å². The molecule has 1 atom stereocenters. The Labute approximate surface area is 105 Å². The normalized spacial score (nSPS) is 12.1. The van der Waals surface area contributed by atoms with Gasteiger partial charge in [-0.2, -0.15) is 0 Å². The lowest BCUT2D eigenvalue weighted by molar-refractivity contribution is -0.127. The Hall–Kier alpha value is -1.91. The van der Waals surface area contributed by atoms with E-state index in [1.54, 1.807) is 0 Å². The third kappa shape index (κ3) is 3.55. The van der Waals surface area contributed by atoms with Crippen LogP contribution in [0.1, 0.15) is 31.1 Å². The third-order valence-electron chi connectivity index (χ3n) is 2.22. The Morgan fingerprint density at radius 2 is 2.06 bits per heavy atom. The number of hydrogen-bond acceptors (Lipinski definition) is 3. The number of aldehydes is 1. The minimum Gasteiger partial charge on any atom is -0.477 e. The third-order valence-corrected chi connectivity index (χ3v) is 2.22. The number of halogens is 1. The Morgan fingerprint density at radius 1 is 1.39 bits per heavy atom. The monoisotopic (exact) mass is 253 g/mol. The van der Waals surface area contributed by atoms with Crippen molar-refractivity contribution in [1.82, 2.24) is 5.32 Å². The zero-order valence-electron chi connectivity index (χ0n) is 10.6. The molecule has 5 heteroatoms. The van der Waals surface area contributed by atoms with Gasteiger partial charge in [0.15, 0.2) is 24.0 Å². The number of benzene rings is 1. The van der Waals surface area contributed by atoms with Crippen LogP contribution < -0.4 is 10.1 Å². The van der Waals surface area contributed by atoms with Gasteiger partial charge in [-0.15, -0.1) is 0 Å². The molecule has 18 heavy (non-hydrogen) atoms. The largest absolute Gasteiger partial charge is 0.477 e. The summed E-state index contributed by atoms with van der Waals surface area (Å²) in [5.41, 5.74) is 0.0826. The zero-order valence-corrected chi connectivity index (χ0v) is 10.6. The summed E-state index contributed by atoms with van der Waals surface area (Å²) in [5.74, 6) is -1.21. The van der Waals surface area contributed by atoms with Crippen molar-refractivity contribution in [2.45, 2.75) is 32.9 Å². The molecule has 0 spiro atoms. The van der Waals surface area contributed by atoms with Crippen LogP contribution in [0.15, 0.2) is 18.2 Å². The van der Waals surface area contributed by atoms with Gasteiger partial charge in [-0.25, -0.2) is 4.39 Å². The number of carbonyl (C=O) groups excluding carboxylic acids is 2. The number of rotatable bonds is 5. The summed E-state index contributed by atoms with van der Waals surface area (Å²) in [6, 6.07) is 3.98. The topological polar surface area (TPSA) is 55.4 Å². The standard InChI is InChI=1S/C13H16FNO3/c1-8(2)15-13(17)9(3)18-12-10(7-16)5-4-6-11(12)14/h4-9H,1-3H3,(H,15,17). The number of para-hydroxylation sites is 1. The number of hydrogen-bond donors (Lipinski definition) is 1. The van der Waals surface area contributed by atoms with Crippen molar-refractivity contribution in [2.24, 2.45) is 0 Å². The average molecular weight is 253 g/mol. The van der Waals surface area contributed by atoms with E-state index in [2.05, 4.69) is 5.32 Å². The van der Waals surface area contributed by atoms with Crippen molar-refractivity contribution < 1.29 is 18.7 Å². The molecule has 0 fully saturated rings. The summed E-state index contributed by atoms with van der Waals surface area (Å²) < 4.78 is 18.7. The predicted molar refractivity (Wildman–Crippen MR) is 65.2 cm³/mol. The Kier molecular flexibility index (Phi) is 4.83. The van der Waals surface area contributed by atoms with E-state index in [-0.39, 0.29) is 23.3 Å².